The Labute approximate surface area is 358 Å². The van der Waals surface area contributed by atoms with Crippen LogP contribution in [0.3, 0.4) is 0 Å². The van der Waals surface area contributed by atoms with Crippen LogP contribution in [0.4, 0.5) is 0 Å². The smallest absolute Gasteiger partial charge is 0.160 e. The maximum atomic E-state index is 6.72. The zero-order chi connectivity index (χ0) is 41.0. The molecule has 0 fully saturated rings. The van der Waals surface area contributed by atoms with Gasteiger partial charge in [-0.3, -0.25) is 0 Å². The zero-order valence-corrected chi connectivity index (χ0v) is 33.5. The summed E-state index contributed by atoms with van der Waals surface area (Å²) in [5.41, 5.74) is 17.1. The van der Waals surface area contributed by atoms with E-state index in [9.17, 15) is 0 Å². The fourth-order valence-corrected chi connectivity index (χ4v) is 8.84. The van der Waals surface area contributed by atoms with Gasteiger partial charge in [-0.15, -0.1) is 0 Å². The fourth-order valence-electron chi connectivity index (χ4n) is 8.84. The Balaban J connectivity index is 0.918. The molecule has 4 nitrogen and oxygen atoms in total. The minimum Gasteiger partial charge on any atom is -0.455 e. The lowest BCUT2D eigenvalue weighted by Crippen LogP contribution is -1.96. The minimum atomic E-state index is 0.676. The summed E-state index contributed by atoms with van der Waals surface area (Å²) in [5, 5.41) is 4.35. The van der Waals surface area contributed by atoms with E-state index in [1.54, 1.807) is 0 Å². The predicted octanol–water partition coefficient (Wildman–Crippen LogP) is 15.9. The summed E-state index contributed by atoms with van der Waals surface area (Å²) < 4.78 is 13.2. The van der Waals surface area contributed by atoms with Crippen LogP contribution in [0, 0.1) is 0 Å². The maximum Gasteiger partial charge on any atom is 0.160 e. The number of hydrogen-bond acceptors (Lipinski definition) is 4. The summed E-state index contributed by atoms with van der Waals surface area (Å²) >= 11 is 0. The Morgan fingerprint density at radius 2 is 0.726 bits per heavy atom. The maximum absolute atomic E-state index is 6.72. The summed E-state index contributed by atoms with van der Waals surface area (Å²) in [6.07, 6.45) is 0. The molecule has 3 heterocycles. The van der Waals surface area contributed by atoms with Crippen molar-refractivity contribution < 1.29 is 8.83 Å². The summed E-state index contributed by atoms with van der Waals surface area (Å²) in [6, 6.07) is 76.1. The number of rotatable bonds is 7. The number of nitrogens with zero attached hydrogens (tertiary/aromatic N) is 2. The first-order valence-electron chi connectivity index (χ1n) is 20.9. The van der Waals surface area contributed by atoms with E-state index in [1.165, 1.54) is 11.1 Å². The van der Waals surface area contributed by atoms with E-state index in [4.69, 9.17) is 18.8 Å². The van der Waals surface area contributed by atoms with Gasteiger partial charge in [-0.1, -0.05) is 194 Å². The molecule has 0 aliphatic rings. The van der Waals surface area contributed by atoms with Gasteiger partial charge in [0.1, 0.15) is 22.3 Å². The van der Waals surface area contributed by atoms with E-state index >= 15 is 0 Å². The van der Waals surface area contributed by atoms with Gasteiger partial charge in [-0.05, 0) is 57.6 Å². The Kier molecular flexibility index (Phi) is 8.46. The van der Waals surface area contributed by atoms with E-state index in [2.05, 4.69) is 170 Å². The van der Waals surface area contributed by atoms with Gasteiger partial charge in [-0.2, -0.15) is 0 Å². The number of fused-ring (bicyclic) bond motifs is 6. The fraction of sp³-hybridized carbons (Fsp3) is 0. The van der Waals surface area contributed by atoms with E-state index in [0.29, 0.717) is 5.82 Å². The molecule has 62 heavy (non-hydrogen) atoms. The monoisotopic (exact) mass is 792 g/mol. The van der Waals surface area contributed by atoms with Crippen molar-refractivity contribution >= 4 is 43.9 Å². The highest BCUT2D eigenvalue weighted by Crippen LogP contribution is 2.45. The Hall–Kier alpha value is -8.34. The Morgan fingerprint density at radius 1 is 0.274 bits per heavy atom. The SMILES string of the molecule is c1ccc(-c2ccc(-c3ccc(-c4nc(-c5ccccc5)cc(-c5ccc(-c6ccc(-c7cccc8c7oc7ccccc78)c7c6oc6ccccc67)cc5)n4)cc3)cc2)cc1. The van der Waals surface area contributed by atoms with Gasteiger partial charge in [0.05, 0.1) is 11.4 Å². The minimum absolute atomic E-state index is 0.676. The first-order chi connectivity index (χ1) is 30.7. The standard InChI is InChI=1S/C58H36N2O2/c1-3-12-37(13-4-1)38-22-24-39(25-23-38)40-26-32-44(33-27-40)58-59-51(42-14-5-2-6-15-42)36-52(60-58)43-30-28-41(29-31-43)45-34-35-47(55-50-17-8-10-21-54(50)62-57(45)55)49-19-11-18-48-46-16-7-9-20-53(46)61-56(48)49/h1-36H. The molecule has 0 saturated heterocycles. The van der Waals surface area contributed by atoms with Crippen molar-refractivity contribution in [2.45, 2.75) is 0 Å². The molecule has 0 N–H and O–H groups in total. The van der Waals surface area contributed by atoms with Crippen LogP contribution < -0.4 is 0 Å². The average molecular weight is 793 g/mol. The lowest BCUT2D eigenvalue weighted by atomic mass is 9.93. The van der Waals surface area contributed by atoms with Crippen molar-refractivity contribution in [3.8, 4) is 78.4 Å². The van der Waals surface area contributed by atoms with Gasteiger partial charge in [0, 0.05) is 49.4 Å². The highest BCUT2D eigenvalue weighted by molar-refractivity contribution is 6.19. The molecule has 0 spiro atoms. The molecule has 3 aromatic heterocycles. The highest BCUT2D eigenvalue weighted by atomic mass is 16.3. The molecule has 290 valence electrons. The molecule has 0 aliphatic carbocycles. The summed E-state index contributed by atoms with van der Waals surface area (Å²) in [4.78, 5) is 10.3. The molecule has 0 amide bonds. The van der Waals surface area contributed by atoms with Crippen LogP contribution in [0.5, 0.6) is 0 Å². The number of aromatic nitrogens is 2. The van der Waals surface area contributed by atoms with Gasteiger partial charge in [0.15, 0.2) is 5.82 Å². The van der Waals surface area contributed by atoms with Gasteiger partial charge < -0.3 is 8.83 Å². The molecule has 0 bridgehead atoms. The zero-order valence-electron chi connectivity index (χ0n) is 33.5. The molecule has 4 heteroatoms. The topological polar surface area (TPSA) is 52.1 Å². The van der Waals surface area contributed by atoms with Crippen LogP contribution >= 0.6 is 0 Å². The Bertz CT molecular complexity index is 3590. The largest absolute Gasteiger partial charge is 0.455 e. The van der Waals surface area contributed by atoms with E-state index in [1.807, 2.05) is 48.5 Å². The molecule has 12 aromatic rings. The van der Waals surface area contributed by atoms with Gasteiger partial charge in [0.25, 0.3) is 0 Å². The second kappa shape index (κ2) is 14.7. The first-order valence-corrected chi connectivity index (χ1v) is 20.9. The van der Waals surface area contributed by atoms with Crippen LogP contribution in [0.25, 0.3) is 122 Å². The normalized spacial score (nSPS) is 11.5. The van der Waals surface area contributed by atoms with Gasteiger partial charge in [0.2, 0.25) is 0 Å². The molecule has 9 aromatic carbocycles. The van der Waals surface area contributed by atoms with Gasteiger partial charge >= 0.3 is 0 Å². The lowest BCUT2D eigenvalue weighted by molar-refractivity contribution is 0.669. The third-order valence-corrected chi connectivity index (χ3v) is 12.0. The molecule has 0 aliphatic heterocycles. The van der Waals surface area contributed by atoms with Crippen molar-refractivity contribution in [1.82, 2.24) is 9.97 Å². The van der Waals surface area contributed by atoms with E-state index < -0.39 is 0 Å². The van der Waals surface area contributed by atoms with Crippen LogP contribution in [0.2, 0.25) is 0 Å². The number of hydrogen-bond donors (Lipinski definition) is 0. The van der Waals surface area contributed by atoms with Crippen molar-refractivity contribution in [1.29, 1.82) is 0 Å². The van der Waals surface area contributed by atoms with Gasteiger partial charge in [-0.25, -0.2) is 9.97 Å². The number of benzene rings is 9. The van der Waals surface area contributed by atoms with E-state index in [-0.39, 0.29) is 0 Å². The highest BCUT2D eigenvalue weighted by Gasteiger charge is 2.21. The summed E-state index contributed by atoms with van der Waals surface area (Å²) in [5.74, 6) is 0.676. The Morgan fingerprint density at radius 3 is 1.39 bits per heavy atom. The summed E-state index contributed by atoms with van der Waals surface area (Å²) in [6.45, 7) is 0. The molecule has 0 radical (unpaired) electrons. The first kappa shape index (κ1) is 35.6. The quantitative estimate of drug-likeness (QED) is 0.161. The van der Waals surface area contributed by atoms with Crippen molar-refractivity contribution in [2.75, 3.05) is 0 Å². The number of furan rings is 2. The summed E-state index contributed by atoms with van der Waals surface area (Å²) in [7, 11) is 0. The predicted molar refractivity (Wildman–Crippen MR) is 255 cm³/mol. The average Bonchev–Trinajstić information content (AvgIpc) is 3.94. The number of para-hydroxylation sites is 3. The third-order valence-electron chi connectivity index (χ3n) is 12.0. The van der Waals surface area contributed by atoms with Crippen LogP contribution in [0.15, 0.2) is 227 Å². The molecular weight excluding hydrogens is 757 g/mol. The molecule has 0 unspecified atom stereocenters. The van der Waals surface area contributed by atoms with Crippen molar-refractivity contribution in [3.05, 3.63) is 218 Å². The molecule has 0 atom stereocenters. The van der Waals surface area contributed by atoms with Crippen LogP contribution in [-0.4, -0.2) is 9.97 Å². The van der Waals surface area contributed by atoms with Crippen molar-refractivity contribution in [3.63, 3.8) is 0 Å². The molecule has 12 rings (SSSR count). The molecule has 0 saturated carbocycles. The second-order valence-electron chi connectivity index (χ2n) is 15.7. The van der Waals surface area contributed by atoms with Crippen LogP contribution in [0.1, 0.15) is 0 Å². The van der Waals surface area contributed by atoms with E-state index in [0.717, 1.165) is 105 Å². The van der Waals surface area contributed by atoms with Crippen LogP contribution in [-0.2, 0) is 0 Å². The lowest BCUT2D eigenvalue weighted by Gasteiger charge is -2.11. The molecular formula is C58H36N2O2. The van der Waals surface area contributed by atoms with Crippen molar-refractivity contribution in [2.24, 2.45) is 0 Å². The second-order valence-corrected chi connectivity index (χ2v) is 15.7. The third kappa shape index (κ3) is 6.16.